The first-order valence-corrected chi connectivity index (χ1v) is 12.5. The number of ether oxygens (including phenoxy) is 2. The molecule has 3 saturated carbocycles. The molecule has 31 heavy (non-hydrogen) atoms. The zero-order valence-corrected chi connectivity index (χ0v) is 20.3. The molecule has 4 heteroatoms. The Hall–Kier alpha value is -1.32. The number of fused-ring (bicyclic) bond motifs is 7. The molecule has 4 fully saturated rings. The summed E-state index contributed by atoms with van der Waals surface area (Å²) in [6.45, 7) is 13.9. The lowest BCUT2D eigenvalue weighted by molar-refractivity contribution is -0.219. The lowest BCUT2D eigenvalue weighted by Crippen LogP contribution is -2.63. The van der Waals surface area contributed by atoms with Crippen molar-refractivity contribution in [3.8, 4) is 0 Å². The van der Waals surface area contributed by atoms with Gasteiger partial charge in [0.05, 0.1) is 5.92 Å². The van der Waals surface area contributed by atoms with Crippen LogP contribution in [0.1, 0.15) is 92.9 Å². The number of cyclic esters (lactones) is 1. The lowest BCUT2D eigenvalue weighted by atomic mass is 9.35. The Morgan fingerprint density at radius 1 is 0.935 bits per heavy atom. The SMILES string of the molecule is CC(=O)O[C@@H]1OC(=O)C2=CC[C@H]3[C@]4(C)CC[C@H]5C(C)(C)CCC[C@]5(C)[C@H]4CC[C@]3(C)[C@H]21. The first-order valence-electron chi connectivity index (χ1n) is 12.5. The van der Waals surface area contributed by atoms with Gasteiger partial charge >= 0.3 is 11.9 Å². The van der Waals surface area contributed by atoms with E-state index in [1.165, 1.54) is 45.4 Å². The summed E-state index contributed by atoms with van der Waals surface area (Å²) in [5, 5.41) is 0. The maximum atomic E-state index is 12.6. The zero-order valence-electron chi connectivity index (χ0n) is 20.3. The lowest BCUT2D eigenvalue weighted by Gasteiger charge is -2.69. The molecule has 0 unspecified atom stereocenters. The summed E-state index contributed by atoms with van der Waals surface area (Å²) in [5.74, 6) is 1.22. The van der Waals surface area contributed by atoms with Crippen molar-refractivity contribution in [3.05, 3.63) is 11.6 Å². The fraction of sp³-hybridized carbons (Fsp3) is 0.852. The predicted molar refractivity (Wildman–Crippen MR) is 119 cm³/mol. The highest BCUT2D eigenvalue weighted by atomic mass is 16.7. The zero-order chi connectivity index (χ0) is 22.4. The molecule has 0 aromatic rings. The highest BCUT2D eigenvalue weighted by Gasteiger charge is 2.68. The molecule has 0 radical (unpaired) electrons. The van der Waals surface area contributed by atoms with Gasteiger partial charge in [0.2, 0.25) is 0 Å². The number of hydrogen-bond acceptors (Lipinski definition) is 4. The Morgan fingerprint density at radius 3 is 2.29 bits per heavy atom. The monoisotopic (exact) mass is 428 g/mol. The molecule has 0 aromatic heterocycles. The Kier molecular flexibility index (Phi) is 4.59. The van der Waals surface area contributed by atoms with Crippen LogP contribution in [0.15, 0.2) is 11.6 Å². The highest BCUT2D eigenvalue weighted by molar-refractivity contribution is 5.92. The van der Waals surface area contributed by atoms with E-state index in [0.29, 0.717) is 16.7 Å². The van der Waals surface area contributed by atoms with Gasteiger partial charge in [-0.1, -0.05) is 47.1 Å². The van der Waals surface area contributed by atoms with Crippen LogP contribution in [0.4, 0.5) is 0 Å². The minimum atomic E-state index is -0.760. The molecule has 4 aliphatic carbocycles. The summed E-state index contributed by atoms with van der Waals surface area (Å²) in [6.07, 6.45) is 11.2. The Bertz CT molecular complexity index is 842. The summed E-state index contributed by atoms with van der Waals surface area (Å²) < 4.78 is 11.1. The van der Waals surface area contributed by atoms with E-state index in [4.69, 9.17) is 9.47 Å². The van der Waals surface area contributed by atoms with Crippen molar-refractivity contribution in [2.45, 2.75) is 99.2 Å². The third-order valence-electron chi connectivity index (χ3n) is 11.0. The maximum absolute atomic E-state index is 12.6. The number of rotatable bonds is 1. The van der Waals surface area contributed by atoms with Gasteiger partial charge in [0.25, 0.3) is 6.29 Å². The van der Waals surface area contributed by atoms with Crippen LogP contribution < -0.4 is 0 Å². The Labute approximate surface area is 187 Å². The highest BCUT2D eigenvalue weighted by Crippen LogP contribution is 2.73. The van der Waals surface area contributed by atoms with Crippen LogP contribution in [0.5, 0.6) is 0 Å². The van der Waals surface area contributed by atoms with E-state index in [0.717, 1.165) is 30.3 Å². The number of carbonyl (C=O) groups excluding carboxylic acids is 2. The number of allylic oxidation sites excluding steroid dienone is 1. The molecule has 5 rings (SSSR count). The van der Waals surface area contributed by atoms with Crippen LogP contribution in [0.3, 0.4) is 0 Å². The van der Waals surface area contributed by atoms with Crippen LogP contribution in [0.2, 0.25) is 0 Å². The summed E-state index contributed by atoms with van der Waals surface area (Å²) in [7, 11) is 0. The van der Waals surface area contributed by atoms with Crippen molar-refractivity contribution >= 4 is 11.9 Å². The van der Waals surface area contributed by atoms with Crippen LogP contribution in [0.25, 0.3) is 0 Å². The smallest absolute Gasteiger partial charge is 0.337 e. The first kappa shape index (κ1) is 21.5. The fourth-order valence-electron chi connectivity index (χ4n) is 9.95. The van der Waals surface area contributed by atoms with Crippen LogP contribution in [-0.2, 0) is 19.1 Å². The molecular weight excluding hydrogens is 388 g/mol. The third kappa shape index (κ3) is 2.78. The summed E-state index contributed by atoms with van der Waals surface area (Å²) in [5.41, 5.74) is 1.76. The van der Waals surface area contributed by atoms with E-state index in [2.05, 4.69) is 40.7 Å². The second-order valence-electron chi connectivity index (χ2n) is 12.9. The van der Waals surface area contributed by atoms with E-state index in [9.17, 15) is 9.59 Å². The molecular formula is C27H40O4. The van der Waals surface area contributed by atoms with Crippen molar-refractivity contribution in [2.75, 3.05) is 0 Å². The minimum Gasteiger partial charge on any atom is -0.425 e. The molecule has 1 saturated heterocycles. The van der Waals surface area contributed by atoms with Gasteiger partial charge < -0.3 is 9.47 Å². The van der Waals surface area contributed by atoms with Gasteiger partial charge in [-0.05, 0) is 84.4 Å². The van der Waals surface area contributed by atoms with Crippen molar-refractivity contribution in [2.24, 2.45) is 45.3 Å². The average molecular weight is 429 g/mol. The number of hydrogen-bond donors (Lipinski definition) is 0. The Balaban J connectivity index is 1.54. The van der Waals surface area contributed by atoms with E-state index in [1.807, 2.05) is 0 Å². The second kappa shape index (κ2) is 6.60. The molecule has 0 bridgehead atoms. The van der Waals surface area contributed by atoms with E-state index in [-0.39, 0.29) is 28.7 Å². The molecule has 172 valence electrons. The molecule has 0 amide bonds. The molecule has 1 heterocycles. The van der Waals surface area contributed by atoms with Crippen LogP contribution in [0, 0.1) is 45.3 Å². The molecule has 5 aliphatic rings. The molecule has 1 aliphatic heterocycles. The van der Waals surface area contributed by atoms with Gasteiger partial charge in [-0.2, -0.15) is 0 Å². The second-order valence-corrected chi connectivity index (χ2v) is 12.9. The van der Waals surface area contributed by atoms with Crippen molar-refractivity contribution < 1.29 is 19.1 Å². The van der Waals surface area contributed by atoms with E-state index < -0.39 is 6.29 Å². The van der Waals surface area contributed by atoms with Gasteiger partial charge in [-0.3, -0.25) is 4.79 Å². The van der Waals surface area contributed by atoms with Crippen LogP contribution in [-0.4, -0.2) is 18.2 Å². The number of esters is 2. The normalized spacial score (nSPS) is 50.2. The van der Waals surface area contributed by atoms with Gasteiger partial charge in [0.1, 0.15) is 0 Å². The predicted octanol–water partition coefficient (Wildman–Crippen LogP) is 6.04. The molecule has 8 atom stereocenters. The fourth-order valence-corrected chi connectivity index (χ4v) is 9.95. The molecule has 4 nitrogen and oxygen atoms in total. The average Bonchev–Trinajstić information content (AvgIpc) is 2.96. The topological polar surface area (TPSA) is 52.6 Å². The van der Waals surface area contributed by atoms with E-state index >= 15 is 0 Å². The third-order valence-corrected chi connectivity index (χ3v) is 11.0. The summed E-state index contributed by atoms with van der Waals surface area (Å²) in [4.78, 5) is 24.4. The van der Waals surface area contributed by atoms with Gasteiger partial charge in [0.15, 0.2) is 0 Å². The van der Waals surface area contributed by atoms with Gasteiger partial charge in [-0.15, -0.1) is 0 Å². The molecule has 0 spiro atoms. The summed E-state index contributed by atoms with van der Waals surface area (Å²) in [6, 6.07) is 0. The van der Waals surface area contributed by atoms with Crippen molar-refractivity contribution in [1.29, 1.82) is 0 Å². The first-order chi connectivity index (χ1) is 14.4. The standard InChI is InChI=1S/C27H40O4/c1-16(28)30-23-21-17(22(29)31-23)8-9-19-26(5)14-10-18-24(2,3)12-7-13-25(18,4)20(26)11-15-27(19,21)6/h8,18-21,23H,7,9-15H2,1-6H3/t18-,19-,20+,21+,23+,25-,26-,27-/m0/s1. The van der Waals surface area contributed by atoms with Gasteiger partial charge in [0, 0.05) is 12.5 Å². The maximum Gasteiger partial charge on any atom is 0.337 e. The van der Waals surface area contributed by atoms with Crippen molar-refractivity contribution in [1.82, 2.24) is 0 Å². The van der Waals surface area contributed by atoms with Crippen molar-refractivity contribution in [3.63, 3.8) is 0 Å². The molecule has 0 N–H and O–H groups in total. The van der Waals surface area contributed by atoms with E-state index in [1.54, 1.807) is 0 Å². The quantitative estimate of drug-likeness (QED) is 0.478. The van der Waals surface area contributed by atoms with Crippen LogP contribution >= 0.6 is 0 Å². The minimum absolute atomic E-state index is 0.0744. The largest absolute Gasteiger partial charge is 0.425 e. The van der Waals surface area contributed by atoms with Gasteiger partial charge in [-0.25, -0.2) is 4.79 Å². The number of carbonyl (C=O) groups is 2. The Morgan fingerprint density at radius 2 is 1.58 bits per heavy atom. The summed E-state index contributed by atoms with van der Waals surface area (Å²) >= 11 is 0. The molecule has 0 aromatic carbocycles.